The normalized spacial score (nSPS) is 11.3. The van der Waals surface area contributed by atoms with E-state index in [1.54, 1.807) is 45.0 Å². The monoisotopic (exact) mass is 415 g/mol. The maximum Gasteiger partial charge on any atom is 0.349 e. The van der Waals surface area contributed by atoms with Crippen molar-refractivity contribution in [2.75, 3.05) is 13.2 Å². The quantitative estimate of drug-likeness (QED) is 0.486. The molecule has 2 rings (SSSR count). The van der Waals surface area contributed by atoms with Crippen molar-refractivity contribution in [2.24, 2.45) is 0 Å². The second-order valence-electron chi connectivity index (χ2n) is 6.87. The Labute approximate surface area is 176 Å². The van der Waals surface area contributed by atoms with Crippen molar-refractivity contribution >= 4 is 29.6 Å². The third-order valence-corrected chi connectivity index (χ3v) is 4.44. The lowest BCUT2D eigenvalue weighted by atomic mass is 10.1. The third-order valence-electron chi connectivity index (χ3n) is 4.10. The molecule has 0 bridgehead atoms. The van der Waals surface area contributed by atoms with Crippen molar-refractivity contribution in [3.63, 3.8) is 0 Å². The highest BCUT2D eigenvalue weighted by Gasteiger charge is 2.31. The molecule has 2 aromatic rings. The highest BCUT2D eigenvalue weighted by molar-refractivity contribution is 6.32. The Morgan fingerprint density at radius 3 is 2.45 bits per heavy atom. The van der Waals surface area contributed by atoms with Crippen LogP contribution in [0.3, 0.4) is 0 Å². The van der Waals surface area contributed by atoms with E-state index in [0.29, 0.717) is 30.3 Å². The zero-order chi connectivity index (χ0) is 21.3. The number of esters is 1. The Balaban J connectivity index is 1.81. The molecule has 0 radical (unpaired) electrons. The maximum atomic E-state index is 11.9. The number of carbonyl (C=O) groups is 2. The molecule has 0 heterocycles. The van der Waals surface area contributed by atoms with Crippen LogP contribution in [0.2, 0.25) is 5.02 Å². The molecule has 0 aliphatic carbocycles. The fourth-order valence-electron chi connectivity index (χ4n) is 2.53. The first-order valence-corrected chi connectivity index (χ1v) is 9.85. The van der Waals surface area contributed by atoms with E-state index in [1.807, 2.05) is 30.3 Å². The van der Waals surface area contributed by atoms with Crippen LogP contribution in [0.15, 0.2) is 54.6 Å². The summed E-state index contributed by atoms with van der Waals surface area (Å²) in [4.78, 5) is 23.8. The average Bonchev–Trinajstić information content (AvgIpc) is 2.68. The van der Waals surface area contributed by atoms with Crippen molar-refractivity contribution in [1.82, 2.24) is 5.32 Å². The summed E-state index contributed by atoms with van der Waals surface area (Å²) in [5, 5.41) is 3.44. The first kappa shape index (κ1) is 22.5. The second-order valence-corrected chi connectivity index (χ2v) is 7.28. The zero-order valence-corrected chi connectivity index (χ0v) is 17.7. The first-order valence-electron chi connectivity index (χ1n) is 9.47. The molecule has 0 unspecified atom stereocenters. The summed E-state index contributed by atoms with van der Waals surface area (Å²) in [6, 6.07) is 14.7. The number of carbonyl (C=O) groups excluding carboxylic acids is 2. The number of hydrogen-bond acceptors (Lipinski definition) is 4. The van der Waals surface area contributed by atoms with Gasteiger partial charge in [-0.3, -0.25) is 4.79 Å². The molecule has 29 heavy (non-hydrogen) atoms. The Morgan fingerprint density at radius 2 is 1.79 bits per heavy atom. The average molecular weight is 416 g/mol. The lowest BCUT2D eigenvalue weighted by molar-refractivity contribution is -0.158. The summed E-state index contributed by atoms with van der Waals surface area (Å²) >= 11 is 6.06. The molecule has 1 amide bonds. The van der Waals surface area contributed by atoms with Gasteiger partial charge in [0.2, 0.25) is 5.91 Å². The molecular weight excluding hydrogens is 390 g/mol. The summed E-state index contributed by atoms with van der Waals surface area (Å²) in [6.07, 6.45) is 3.83. The molecule has 2 aromatic carbocycles. The van der Waals surface area contributed by atoms with Gasteiger partial charge >= 0.3 is 5.97 Å². The van der Waals surface area contributed by atoms with Gasteiger partial charge < -0.3 is 14.8 Å². The van der Waals surface area contributed by atoms with Crippen LogP contribution in [0, 0.1) is 0 Å². The Bertz CT molecular complexity index is 859. The largest absolute Gasteiger partial charge is 0.476 e. The van der Waals surface area contributed by atoms with Gasteiger partial charge in [0.15, 0.2) is 5.60 Å². The summed E-state index contributed by atoms with van der Waals surface area (Å²) in [7, 11) is 0. The van der Waals surface area contributed by atoms with E-state index in [-0.39, 0.29) is 5.91 Å². The number of nitrogens with one attached hydrogen (secondary N) is 1. The zero-order valence-electron chi connectivity index (χ0n) is 16.9. The van der Waals surface area contributed by atoms with Crippen LogP contribution in [0.5, 0.6) is 5.75 Å². The molecule has 0 aliphatic heterocycles. The van der Waals surface area contributed by atoms with Crippen LogP contribution in [0.25, 0.3) is 6.08 Å². The van der Waals surface area contributed by atoms with Gasteiger partial charge in [-0.25, -0.2) is 4.79 Å². The number of halogens is 1. The van der Waals surface area contributed by atoms with Gasteiger partial charge in [0, 0.05) is 17.6 Å². The van der Waals surface area contributed by atoms with Crippen molar-refractivity contribution < 1.29 is 19.1 Å². The Morgan fingerprint density at radius 1 is 1.10 bits per heavy atom. The van der Waals surface area contributed by atoms with Gasteiger partial charge in [0.1, 0.15) is 5.75 Å². The van der Waals surface area contributed by atoms with Gasteiger partial charge in [0.25, 0.3) is 0 Å². The van der Waals surface area contributed by atoms with E-state index in [4.69, 9.17) is 21.1 Å². The molecule has 1 N–H and O–H groups in total. The molecule has 154 valence electrons. The lowest BCUT2D eigenvalue weighted by Crippen LogP contribution is -2.39. The summed E-state index contributed by atoms with van der Waals surface area (Å²) < 4.78 is 10.7. The number of amides is 1. The predicted molar refractivity (Wildman–Crippen MR) is 115 cm³/mol. The molecule has 0 saturated heterocycles. The summed E-state index contributed by atoms with van der Waals surface area (Å²) in [5.74, 6) is -0.00351. The number of hydrogen-bond donors (Lipinski definition) is 1. The number of benzene rings is 2. The molecule has 0 spiro atoms. The van der Waals surface area contributed by atoms with E-state index in [2.05, 4.69) is 5.32 Å². The highest BCUT2D eigenvalue weighted by Crippen LogP contribution is 2.20. The predicted octanol–water partition coefficient (Wildman–Crippen LogP) is 4.43. The minimum absolute atomic E-state index is 0.180. The van der Waals surface area contributed by atoms with E-state index in [1.165, 1.54) is 6.08 Å². The van der Waals surface area contributed by atoms with Gasteiger partial charge in [-0.1, -0.05) is 41.9 Å². The third kappa shape index (κ3) is 7.27. The second kappa shape index (κ2) is 10.7. The van der Waals surface area contributed by atoms with Gasteiger partial charge in [0.05, 0.1) is 6.61 Å². The summed E-state index contributed by atoms with van der Waals surface area (Å²) in [6.45, 7) is 5.91. The molecule has 0 aliphatic rings. The van der Waals surface area contributed by atoms with Crippen LogP contribution < -0.4 is 10.1 Å². The molecule has 5 nitrogen and oxygen atoms in total. The van der Waals surface area contributed by atoms with Crippen LogP contribution in [0.4, 0.5) is 0 Å². The standard InChI is InChI=1S/C23H26ClNO4/c1-4-28-22(27)23(2,3)29-19-12-9-17(10-13-19)15-16-25-21(26)14-11-18-7-5-6-8-20(18)24/h5-14H,4,15-16H2,1-3H3,(H,25,26). The number of rotatable bonds is 9. The van der Waals surface area contributed by atoms with Crippen LogP contribution in [-0.4, -0.2) is 30.6 Å². The van der Waals surface area contributed by atoms with E-state index in [0.717, 1.165) is 11.1 Å². The molecular formula is C23H26ClNO4. The number of ether oxygens (including phenoxy) is 2. The topological polar surface area (TPSA) is 64.6 Å². The van der Waals surface area contributed by atoms with Crippen LogP contribution in [0.1, 0.15) is 31.9 Å². The Hall–Kier alpha value is -2.79. The molecule has 0 atom stereocenters. The van der Waals surface area contributed by atoms with Crippen molar-refractivity contribution in [2.45, 2.75) is 32.8 Å². The minimum Gasteiger partial charge on any atom is -0.476 e. The summed E-state index contributed by atoms with van der Waals surface area (Å²) in [5.41, 5.74) is 0.784. The smallest absolute Gasteiger partial charge is 0.349 e. The molecule has 0 aromatic heterocycles. The molecule has 6 heteroatoms. The maximum absolute atomic E-state index is 11.9. The molecule has 0 saturated carbocycles. The van der Waals surface area contributed by atoms with Crippen LogP contribution in [-0.2, 0) is 20.7 Å². The van der Waals surface area contributed by atoms with E-state index >= 15 is 0 Å². The first-order chi connectivity index (χ1) is 13.8. The van der Waals surface area contributed by atoms with Gasteiger partial charge in [-0.05, 0) is 62.6 Å². The van der Waals surface area contributed by atoms with E-state index in [9.17, 15) is 9.59 Å². The lowest BCUT2D eigenvalue weighted by Gasteiger charge is -2.24. The fourth-order valence-corrected chi connectivity index (χ4v) is 2.73. The highest BCUT2D eigenvalue weighted by atomic mass is 35.5. The van der Waals surface area contributed by atoms with Gasteiger partial charge in [-0.2, -0.15) is 0 Å². The SMILES string of the molecule is CCOC(=O)C(C)(C)Oc1ccc(CCNC(=O)C=Cc2ccccc2Cl)cc1. The van der Waals surface area contributed by atoms with Crippen molar-refractivity contribution in [1.29, 1.82) is 0 Å². The Kier molecular flexibility index (Phi) is 8.28. The fraction of sp³-hybridized carbons (Fsp3) is 0.304. The van der Waals surface area contributed by atoms with Crippen LogP contribution >= 0.6 is 11.6 Å². The van der Waals surface area contributed by atoms with Gasteiger partial charge in [-0.15, -0.1) is 0 Å². The van der Waals surface area contributed by atoms with Crippen molar-refractivity contribution in [3.8, 4) is 5.75 Å². The molecule has 0 fully saturated rings. The van der Waals surface area contributed by atoms with Crippen molar-refractivity contribution in [3.05, 3.63) is 70.8 Å². The minimum atomic E-state index is -1.06. The van der Waals surface area contributed by atoms with E-state index < -0.39 is 11.6 Å².